The molecular weight excluding hydrogens is 468 g/mol. The number of carbonyl (C=O) groups is 1. The summed E-state index contributed by atoms with van der Waals surface area (Å²) in [6, 6.07) is 7.20. The minimum atomic E-state index is -0.487. The van der Waals surface area contributed by atoms with Gasteiger partial charge in [0.15, 0.2) is 5.82 Å². The molecule has 0 radical (unpaired) electrons. The number of aliphatic imine (C=N–C) groups is 1. The third-order valence-corrected chi connectivity index (χ3v) is 7.67. The van der Waals surface area contributed by atoms with Gasteiger partial charge < -0.3 is 4.74 Å². The fourth-order valence-corrected chi connectivity index (χ4v) is 5.58. The van der Waals surface area contributed by atoms with Crippen LogP contribution in [-0.4, -0.2) is 33.1 Å². The highest BCUT2D eigenvalue weighted by Crippen LogP contribution is 2.39. The molecule has 0 fully saturated rings. The van der Waals surface area contributed by atoms with Gasteiger partial charge in [-0.1, -0.05) is 56.3 Å². The maximum absolute atomic E-state index is 12.8. The number of benzene rings is 1. The summed E-state index contributed by atoms with van der Waals surface area (Å²) in [5.74, 6) is 1.19. The molecule has 2 aromatic heterocycles. The molecule has 0 unspecified atom stereocenters. The summed E-state index contributed by atoms with van der Waals surface area (Å²) in [7, 11) is 0. The molecule has 1 aliphatic heterocycles. The number of thiophene rings is 1. The Morgan fingerprint density at radius 3 is 2.56 bits per heavy atom. The van der Waals surface area contributed by atoms with Crippen molar-refractivity contribution in [2.75, 3.05) is 6.61 Å². The Bertz CT molecular complexity index is 1200. The molecule has 1 atom stereocenters. The van der Waals surface area contributed by atoms with Gasteiger partial charge in [-0.25, -0.2) is 0 Å². The molecule has 1 aliphatic rings. The first kappa shape index (κ1) is 24.6. The Morgan fingerprint density at radius 1 is 1.09 bits per heavy atom. The predicted molar refractivity (Wildman–Crippen MR) is 138 cm³/mol. The number of aryl methyl sites for hydroxylation is 2. The van der Waals surface area contributed by atoms with E-state index >= 15 is 0 Å². The lowest BCUT2D eigenvalue weighted by Crippen LogP contribution is -2.14. The van der Waals surface area contributed by atoms with Crippen molar-refractivity contribution >= 4 is 34.6 Å². The lowest BCUT2D eigenvalue weighted by atomic mass is 9.99. The average molecular weight is 499 g/mol. The van der Waals surface area contributed by atoms with Crippen LogP contribution in [0.2, 0.25) is 5.02 Å². The molecule has 0 saturated carbocycles. The predicted octanol–water partition coefficient (Wildman–Crippen LogP) is 6.70. The van der Waals surface area contributed by atoms with Gasteiger partial charge in [0.2, 0.25) is 0 Å². The highest BCUT2D eigenvalue weighted by molar-refractivity contribution is 7.15. The van der Waals surface area contributed by atoms with Crippen molar-refractivity contribution in [3.05, 3.63) is 62.5 Å². The number of fused-ring (bicyclic) bond motifs is 3. The van der Waals surface area contributed by atoms with Gasteiger partial charge in [-0.2, -0.15) is 0 Å². The van der Waals surface area contributed by atoms with Crippen LogP contribution < -0.4 is 0 Å². The molecule has 0 N–H and O–H groups in total. The quantitative estimate of drug-likeness (QED) is 0.243. The maximum Gasteiger partial charge on any atom is 0.308 e. The van der Waals surface area contributed by atoms with Crippen molar-refractivity contribution in [3.63, 3.8) is 0 Å². The van der Waals surface area contributed by atoms with E-state index in [9.17, 15) is 4.79 Å². The first-order valence-corrected chi connectivity index (χ1v) is 13.1. The number of unbranched alkanes of at least 4 members (excludes halogenated alkanes) is 4. The van der Waals surface area contributed by atoms with Gasteiger partial charge in [0, 0.05) is 21.0 Å². The lowest BCUT2D eigenvalue weighted by molar-refractivity contribution is -0.144. The molecule has 0 saturated heterocycles. The fraction of sp³-hybridized carbons (Fsp3) is 0.462. The van der Waals surface area contributed by atoms with E-state index in [-0.39, 0.29) is 12.4 Å². The van der Waals surface area contributed by atoms with Gasteiger partial charge in [-0.3, -0.25) is 14.4 Å². The number of esters is 1. The van der Waals surface area contributed by atoms with Crippen molar-refractivity contribution in [3.8, 4) is 5.00 Å². The largest absolute Gasteiger partial charge is 0.466 e. The van der Waals surface area contributed by atoms with Gasteiger partial charge in [0.25, 0.3) is 0 Å². The van der Waals surface area contributed by atoms with E-state index in [1.54, 1.807) is 11.3 Å². The molecule has 6 nitrogen and oxygen atoms in total. The zero-order valence-corrected chi connectivity index (χ0v) is 21.8. The first-order valence-electron chi connectivity index (χ1n) is 11.9. The smallest absolute Gasteiger partial charge is 0.308 e. The number of aromatic nitrogens is 3. The van der Waals surface area contributed by atoms with Crippen molar-refractivity contribution in [1.82, 2.24) is 14.8 Å². The zero-order chi connectivity index (χ0) is 24.2. The molecule has 4 rings (SSSR count). The summed E-state index contributed by atoms with van der Waals surface area (Å²) in [6.07, 6.45) is 5.68. The summed E-state index contributed by atoms with van der Waals surface area (Å²) in [5, 5.41) is 10.5. The molecule has 3 aromatic rings. The number of hydrogen-bond acceptors (Lipinski definition) is 6. The van der Waals surface area contributed by atoms with Crippen LogP contribution in [0.4, 0.5) is 0 Å². The molecule has 0 bridgehead atoms. The zero-order valence-electron chi connectivity index (χ0n) is 20.2. The van der Waals surface area contributed by atoms with E-state index < -0.39 is 6.04 Å². The third-order valence-electron chi connectivity index (χ3n) is 6.23. The number of rotatable bonds is 9. The second-order valence-corrected chi connectivity index (χ2v) is 10.4. The Balaban J connectivity index is 1.67. The van der Waals surface area contributed by atoms with Crippen LogP contribution >= 0.6 is 22.9 Å². The van der Waals surface area contributed by atoms with Gasteiger partial charge in [-0.05, 0) is 44.9 Å². The highest BCUT2D eigenvalue weighted by atomic mass is 35.5. The molecule has 0 amide bonds. The van der Waals surface area contributed by atoms with Crippen LogP contribution in [-0.2, 0) is 9.53 Å². The number of ether oxygens (including phenoxy) is 1. The number of halogens is 1. The van der Waals surface area contributed by atoms with Crippen LogP contribution in [0, 0.1) is 20.8 Å². The molecule has 8 heteroatoms. The Kier molecular flexibility index (Phi) is 7.84. The van der Waals surface area contributed by atoms with Crippen LogP contribution in [0.15, 0.2) is 29.3 Å². The third kappa shape index (κ3) is 5.10. The number of carbonyl (C=O) groups excluding carboxylic acids is 1. The van der Waals surface area contributed by atoms with Crippen LogP contribution in [0.25, 0.3) is 5.00 Å². The van der Waals surface area contributed by atoms with E-state index in [0.29, 0.717) is 17.5 Å². The fourth-order valence-electron chi connectivity index (χ4n) is 4.24. The molecule has 3 heterocycles. The highest BCUT2D eigenvalue weighted by Gasteiger charge is 2.32. The molecule has 0 aliphatic carbocycles. The topological polar surface area (TPSA) is 69.4 Å². The van der Waals surface area contributed by atoms with E-state index in [4.69, 9.17) is 21.3 Å². The Labute approximate surface area is 210 Å². The molecule has 180 valence electrons. The summed E-state index contributed by atoms with van der Waals surface area (Å²) in [6.45, 7) is 8.79. The second-order valence-electron chi connectivity index (χ2n) is 8.74. The van der Waals surface area contributed by atoms with Crippen LogP contribution in [0.1, 0.15) is 84.7 Å². The second kappa shape index (κ2) is 10.8. The van der Waals surface area contributed by atoms with Crippen LogP contribution in [0.3, 0.4) is 0 Å². The van der Waals surface area contributed by atoms with Crippen molar-refractivity contribution < 1.29 is 9.53 Å². The molecule has 1 aromatic carbocycles. The van der Waals surface area contributed by atoms with E-state index in [0.717, 1.165) is 40.5 Å². The van der Waals surface area contributed by atoms with Gasteiger partial charge in [0.1, 0.15) is 16.9 Å². The Morgan fingerprint density at radius 2 is 1.82 bits per heavy atom. The monoisotopic (exact) mass is 498 g/mol. The summed E-state index contributed by atoms with van der Waals surface area (Å²) >= 11 is 7.86. The summed E-state index contributed by atoms with van der Waals surface area (Å²) in [4.78, 5) is 19.1. The van der Waals surface area contributed by atoms with Crippen molar-refractivity contribution in [1.29, 1.82) is 0 Å². The molecule has 0 spiro atoms. The van der Waals surface area contributed by atoms with E-state index in [2.05, 4.69) is 35.5 Å². The lowest BCUT2D eigenvalue weighted by Gasteiger charge is -2.13. The van der Waals surface area contributed by atoms with E-state index in [1.807, 2.05) is 31.2 Å². The number of hydrogen-bond donors (Lipinski definition) is 0. The maximum atomic E-state index is 12.8. The Hall–Kier alpha value is -2.51. The summed E-state index contributed by atoms with van der Waals surface area (Å²) in [5.41, 5.74) is 4.02. The normalized spacial score (nSPS) is 14.9. The minimum absolute atomic E-state index is 0.122. The van der Waals surface area contributed by atoms with Gasteiger partial charge in [-0.15, -0.1) is 21.5 Å². The minimum Gasteiger partial charge on any atom is -0.466 e. The number of nitrogens with zero attached hydrogens (tertiary/aromatic N) is 4. The first-order chi connectivity index (χ1) is 16.4. The van der Waals surface area contributed by atoms with E-state index in [1.165, 1.54) is 29.7 Å². The average Bonchev–Trinajstić information content (AvgIpc) is 3.29. The standard InChI is InChI=1S/C26H31ClN4O2S/c1-5-6-7-8-9-14-33-22(32)15-21-25-30-29-18(4)31(25)26-23(16(2)17(3)34-26)24(28-21)19-10-12-20(27)13-11-19/h10-13,21H,5-9,14-15H2,1-4H3/t21-/m0/s1. The van der Waals surface area contributed by atoms with Crippen molar-refractivity contribution in [2.24, 2.45) is 4.99 Å². The van der Waals surface area contributed by atoms with Crippen LogP contribution in [0.5, 0.6) is 0 Å². The molecular formula is C26H31ClN4O2S. The SMILES string of the molecule is CCCCCCCOC(=O)C[C@@H]1N=C(c2ccc(Cl)cc2)c2c(sc(C)c2C)-n2c(C)nnc21. The van der Waals surface area contributed by atoms with Crippen molar-refractivity contribution in [2.45, 2.75) is 72.3 Å². The summed E-state index contributed by atoms with van der Waals surface area (Å²) < 4.78 is 7.62. The van der Waals surface area contributed by atoms with Gasteiger partial charge in [0.05, 0.1) is 18.7 Å². The van der Waals surface area contributed by atoms with Gasteiger partial charge >= 0.3 is 5.97 Å². The molecule has 34 heavy (non-hydrogen) atoms.